The minimum atomic E-state index is 0.282. The normalized spacial score (nSPS) is 9.78. The number of nitrogen functional groups attached to an aromatic ring is 1. The molecule has 0 saturated carbocycles. The van der Waals surface area contributed by atoms with Crippen molar-refractivity contribution in [2.24, 2.45) is 0 Å². The Morgan fingerprint density at radius 1 is 1.33 bits per heavy atom. The van der Waals surface area contributed by atoms with Crippen LogP contribution in [0.3, 0.4) is 0 Å². The molecule has 18 heavy (non-hydrogen) atoms. The number of nitrogens with zero attached hydrogens (tertiary/aromatic N) is 2. The van der Waals surface area contributed by atoms with Gasteiger partial charge in [-0.3, -0.25) is 0 Å². The smallest absolute Gasteiger partial charge is 0.147 e. The van der Waals surface area contributed by atoms with Gasteiger partial charge in [0.2, 0.25) is 0 Å². The minimum Gasteiger partial charge on any atom is -0.487 e. The summed E-state index contributed by atoms with van der Waals surface area (Å²) in [5.74, 6) is 0.628. The number of pyridine rings is 1. The molecule has 4 nitrogen and oxygen atoms in total. The SMILES string of the molecule is Cc1cccc(OCc2cccnc2C#N)c1N. The quantitative estimate of drug-likeness (QED) is 0.835. The van der Waals surface area contributed by atoms with E-state index in [1.807, 2.05) is 37.3 Å². The van der Waals surface area contributed by atoms with E-state index in [1.165, 1.54) is 0 Å². The van der Waals surface area contributed by atoms with Gasteiger partial charge in [0.1, 0.15) is 24.1 Å². The van der Waals surface area contributed by atoms with Crippen LogP contribution in [0.2, 0.25) is 0 Å². The first-order valence-electron chi connectivity index (χ1n) is 5.54. The van der Waals surface area contributed by atoms with Crippen LogP contribution in [0.15, 0.2) is 36.5 Å². The van der Waals surface area contributed by atoms with E-state index in [4.69, 9.17) is 15.7 Å². The molecular weight excluding hydrogens is 226 g/mol. The lowest BCUT2D eigenvalue weighted by atomic mass is 10.2. The third-order valence-corrected chi connectivity index (χ3v) is 2.66. The summed E-state index contributed by atoms with van der Waals surface area (Å²) in [6, 6.07) is 11.2. The predicted molar refractivity (Wildman–Crippen MR) is 68.9 cm³/mol. The molecule has 0 unspecified atom stereocenters. The summed E-state index contributed by atoms with van der Waals surface area (Å²) in [6.45, 7) is 2.21. The lowest BCUT2D eigenvalue weighted by Gasteiger charge is -2.10. The highest BCUT2D eigenvalue weighted by molar-refractivity contribution is 5.57. The van der Waals surface area contributed by atoms with Crippen LogP contribution in [0.4, 0.5) is 5.69 Å². The Kier molecular flexibility index (Phi) is 3.44. The largest absolute Gasteiger partial charge is 0.487 e. The highest BCUT2D eigenvalue weighted by Crippen LogP contribution is 2.25. The molecule has 0 bridgehead atoms. The molecule has 2 rings (SSSR count). The Hall–Kier alpha value is -2.54. The summed E-state index contributed by atoms with van der Waals surface area (Å²) >= 11 is 0. The molecule has 0 aliphatic carbocycles. The van der Waals surface area contributed by atoms with E-state index in [0.29, 0.717) is 17.1 Å². The number of aromatic nitrogens is 1. The fraction of sp³-hybridized carbons (Fsp3) is 0.143. The highest BCUT2D eigenvalue weighted by Gasteiger charge is 2.06. The van der Waals surface area contributed by atoms with Crippen molar-refractivity contribution in [3.05, 3.63) is 53.3 Å². The van der Waals surface area contributed by atoms with E-state index in [-0.39, 0.29) is 6.61 Å². The number of rotatable bonds is 3. The van der Waals surface area contributed by atoms with Gasteiger partial charge in [-0.1, -0.05) is 18.2 Å². The Balaban J connectivity index is 2.17. The maximum atomic E-state index is 8.92. The molecule has 1 heterocycles. The molecule has 0 aliphatic heterocycles. The molecule has 0 saturated heterocycles. The Labute approximate surface area is 106 Å². The zero-order valence-electron chi connectivity index (χ0n) is 10.1. The van der Waals surface area contributed by atoms with Crippen molar-refractivity contribution >= 4 is 5.69 Å². The van der Waals surface area contributed by atoms with Crippen LogP contribution in [0.25, 0.3) is 0 Å². The van der Waals surface area contributed by atoms with Crippen LogP contribution < -0.4 is 10.5 Å². The van der Waals surface area contributed by atoms with E-state index in [2.05, 4.69) is 4.98 Å². The summed E-state index contributed by atoms with van der Waals surface area (Å²) in [6.07, 6.45) is 1.59. The number of aryl methyl sites for hydroxylation is 1. The van der Waals surface area contributed by atoms with Gasteiger partial charge in [-0.25, -0.2) is 4.98 Å². The van der Waals surface area contributed by atoms with E-state index in [1.54, 1.807) is 12.3 Å². The average molecular weight is 239 g/mol. The second kappa shape index (κ2) is 5.19. The van der Waals surface area contributed by atoms with Gasteiger partial charge < -0.3 is 10.5 Å². The van der Waals surface area contributed by atoms with Crippen molar-refractivity contribution in [3.63, 3.8) is 0 Å². The van der Waals surface area contributed by atoms with Gasteiger partial charge in [-0.2, -0.15) is 5.26 Å². The Morgan fingerprint density at radius 3 is 2.94 bits per heavy atom. The van der Waals surface area contributed by atoms with Crippen molar-refractivity contribution in [2.75, 3.05) is 5.73 Å². The highest BCUT2D eigenvalue weighted by atomic mass is 16.5. The molecule has 0 spiro atoms. The molecule has 0 aliphatic rings. The second-order valence-electron chi connectivity index (χ2n) is 3.90. The van der Waals surface area contributed by atoms with Crippen molar-refractivity contribution in [2.45, 2.75) is 13.5 Å². The van der Waals surface area contributed by atoms with Crippen molar-refractivity contribution in [1.82, 2.24) is 4.98 Å². The molecule has 0 atom stereocenters. The molecule has 1 aromatic heterocycles. The van der Waals surface area contributed by atoms with Crippen LogP contribution in [0.5, 0.6) is 5.75 Å². The van der Waals surface area contributed by atoms with Crippen LogP contribution >= 0.6 is 0 Å². The van der Waals surface area contributed by atoms with Gasteiger partial charge in [-0.05, 0) is 24.6 Å². The third-order valence-electron chi connectivity index (χ3n) is 2.66. The summed E-state index contributed by atoms with van der Waals surface area (Å²) in [4.78, 5) is 3.98. The number of anilines is 1. The van der Waals surface area contributed by atoms with Crippen molar-refractivity contribution in [1.29, 1.82) is 5.26 Å². The van der Waals surface area contributed by atoms with Crippen LogP contribution in [-0.2, 0) is 6.61 Å². The molecule has 4 heteroatoms. The monoisotopic (exact) mass is 239 g/mol. The summed E-state index contributed by atoms with van der Waals surface area (Å²) in [5, 5.41) is 8.92. The van der Waals surface area contributed by atoms with Gasteiger partial charge in [0.15, 0.2) is 0 Å². The first-order chi connectivity index (χ1) is 8.72. The standard InChI is InChI=1S/C14H13N3O/c1-10-4-2-6-13(14(10)16)18-9-11-5-3-7-17-12(11)8-15/h2-7H,9,16H2,1H3. The summed E-state index contributed by atoms with van der Waals surface area (Å²) in [5.41, 5.74) is 8.64. The van der Waals surface area contributed by atoms with Crippen LogP contribution in [-0.4, -0.2) is 4.98 Å². The van der Waals surface area contributed by atoms with Crippen molar-refractivity contribution in [3.8, 4) is 11.8 Å². The molecule has 0 fully saturated rings. The van der Waals surface area contributed by atoms with Gasteiger partial charge in [-0.15, -0.1) is 0 Å². The van der Waals surface area contributed by atoms with Gasteiger partial charge in [0, 0.05) is 11.8 Å². The number of para-hydroxylation sites is 1. The number of hydrogen-bond acceptors (Lipinski definition) is 4. The molecule has 1 aromatic carbocycles. The molecule has 2 N–H and O–H groups in total. The lowest BCUT2D eigenvalue weighted by Crippen LogP contribution is -2.02. The molecular formula is C14H13N3O. The number of hydrogen-bond donors (Lipinski definition) is 1. The first kappa shape index (κ1) is 11.9. The number of ether oxygens (including phenoxy) is 1. The van der Waals surface area contributed by atoms with E-state index < -0.39 is 0 Å². The molecule has 90 valence electrons. The second-order valence-corrected chi connectivity index (χ2v) is 3.90. The summed E-state index contributed by atoms with van der Waals surface area (Å²) < 4.78 is 5.63. The fourth-order valence-electron chi connectivity index (χ4n) is 1.59. The van der Waals surface area contributed by atoms with Gasteiger partial charge in [0.05, 0.1) is 5.69 Å². The topological polar surface area (TPSA) is 71.9 Å². The third kappa shape index (κ3) is 2.41. The maximum Gasteiger partial charge on any atom is 0.147 e. The minimum absolute atomic E-state index is 0.282. The Morgan fingerprint density at radius 2 is 2.17 bits per heavy atom. The molecule has 0 radical (unpaired) electrons. The van der Waals surface area contributed by atoms with E-state index in [9.17, 15) is 0 Å². The maximum absolute atomic E-state index is 8.92. The predicted octanol–water partition coefficient (Wildman–Crippen LogP) is 2.42. The average Bonchev–Trinajstić information content (AvgIpc) is 2.41. The fourth-order valence-corrected chi connectivity index (χ4v) is 1.59. The van der Waals surface area contributed by atoms with E-state index >= 15 is 0 Å². The number of benzene rings is 1. The number of nitrogens with two attached hydrogens (primary N) is 1. The molecule has 0 amide bonds. The lowest BCUT2D eigenvalue weighted by molar-refractivity contribution is 0.307. The zero-order chi connectivity index (χ0) is 13.0. The van der Waals surface area contributed by atoms with Gasteiger partial charge >= 0.3 is 0 Å². The van der Waals surface area contributed by atoms with Crippen LogP contribution in [0, 0.1) is 18.3 Å². The summed E-state index contributed by atoms with van der Waals surface area (Å²) in [7, 11) is 0. The van der Waals surface area contributed by atoms with E-state index in [0.717, 1.165) is 11.1 Å². The Bertz CT molecular complexity index is 602. The first-order valence-corrected chi connectivity index (χ1v) is 5.54. The van der Waals surface area contributed by atoms with Crippen molar-refractivity contribution < 1.29 is 4.74 Å². The number of nitriles is 1. The molecule has 2 aromatic rings. The zero-order valence-corrected chi connectivity index (χ0v) is 10.1. The van der Waals surface area contributed by atoms with Crippen LogP contribution in [0.1, 0.15) is 16.8 Å². The van der Waals surface area contributed by atoms with Gasteiger partial charge in [0.25, 0.3) is 0 Å².